The van der Waals surface area contributed by atoms with Gasteiger partial charge >= 0.3 is 0 Å². The van der Waals surface area contributed by atoms with Crippen LogP contribution in [-0.2, 0) is 13.1 Å². The maximum atomic E-state index is 5.70. The van der Waals surface area contributed by atoms with Crippen LogP contribution in [0.2, 0.25) is 0 Å². The highest BCUT2D eigenvalue weighted by Crippen LogP contribution is 2.21. The SMILES string of the molecule is CCNC(=NCc1ccc(C)cc1OCC)NCc1noc(C)n1.I. The van der Waals surface area contributed by atoms with Crippen molar-refractivity contribution in [3.8, 4) is 5.75 Å². The molecule has 0 aliphatic heterocycles. The topological polar surface area (TPSA) is 84.6 Å². The molecule has 1 aromatic heterocycles. The first-order valence-electron chi connectivity index (χ1n) is 8.16. The van der Waals surface area contributed by atoms with Gasteiger partial charge in [0.1, 0.15) is 5.75 Å². The van der Waals surface area contributed by atoms with Crippen molar-refractivity contribution in [2.75, 3.05) is 13.2 Å². The smallest absolute Gasteiger partial charge is 0.223 e. The van der Waals surface area contributed by atoms with Crippen molar-refractivity contribution in [2.45, 2.75) is 40.8 Å². The van der Waals surface area contributed by atoms with E-state index in [1.165, 1.54) is 5.56 Å². The minimum Gasteiger partial charge on any atom is -0.494 e. The molecule has 25 heavy (non-hydrogen) atoms. The molecule has 0 atom stereocenters. The molecule has 0 spiro atoms. The standard InChI is InChI=1S/C17H25N5O2.HI/c1-5-18-17(20-11-16-21-13(4)24-22-16)19-10-14-8-7-12(3)9-15(14)23-6-2;/h7-9H,5-6,10-11H2,1-4H3,(H2,18,19,20);1H. The van der Waals surface area contributed by atoms with Crippen LogP contribution in [0.5, 0.6) is 5.75 Å². The molecular formula is C17H26IN5O2. The van der Waals surface area contributed by atoms with Crippen LogP contribution in [0, 0.1) is 13.8 Å². The summed E-state index contributed by atoms with van der Waals surface area (Å²) in [5, 5.41) is 10.3. The third kappa shape index (κ3) is 6.89. The summed E-state index contributed by atoms with van der Waals surface area (Å²) < 4.78 is 10.7. The quantitative estimate of drug-likeness (QED) is 0.376. The fraction of sp³-hybridized carbons (Fsp3) is 0.471. The number of benzene rings is 1. The number of aromatic nitrogens is 2. The monoisotopic (exact) mass is 459 g/mol. The maximum Gasteiger partial charge on any atom is 0.223 e. The van der Waals surface area contributed by atoms with Gasteiger partial charge in [0.05, 0.1) is 19.7 Å². The van der Waals surface area contributed by atoms with Gasteiger partial charge in [-0.3, -0.25) is 0 Å². The Hall–Kier alpha value is -1.84. The van der Waals surface area contributed by atoms with Crippen LogP contribution in [0.3, 0.4) is 0 Å². The number of ether oxygens (including phenoxy) is 1. The summed E-state index contributed by atoms with van der Waals surface area (Å²) in [6.07, 6.45) is 0. The van der Waals surface area contributed by atoms with E-state index in [-0.39, 0.29) is 24.0 Å². The van der Waals surface area contributed by atoms with Crippen molar-refractivity contribution >= 4 is 29.9 Å². The van der Waals surface area contributed by atoms with Gasteiger partial charge in [0.25, 0.3) is 0 Å². The molecule has 1 heterocycles. The highest BCUT2D eigenvalue weighted by atomic mass is 127. The molecule has 0 bridgehead atoms. The van der Waals surface area contributed by atoms with Gasteiger partial charge in [-0.15, -0.1) is 24.0 Å². The van der Waals surface area contributed by atoms with Crippen molar-refractivity contribution in [1.29, 1.82) is 0 Å². The second-order valence-electron chi connectivity index (χ2n) is 5.32. The first-order valence-corrected chi connectivity index (χ1v) is 8.16. The molecule has 1 aromatic carbocycles. The van der Waals surface area contributed by atoms with E-state index in [1.54, 1.807) is 6.92 Å². The minimum atomic E-state index is 0. The third-order valence-corrected chi connectivity index (χ3v) is 3.26. The number of guanidine groups is 1. The molecule has 0 saturated carbocycles. The number of aryl methyl sites for hydroxylation is 2. The number of aliphatic imine (C=N–C) groups is 1. The zero-order chi connectivity index (χ0) is 17.4. The zero-order valence-electron chi connectivity index (χ0n) is 15.1. The van der Waals surface area contributed by atoms with E-state index in [1.807, 2.05) is 26.8 Å². The van der Waals surface area contributed by atoms with E-state index in [4.69, 9.17) is 9.26 Å². The number of rotatable bonds is 7. The first kappa shape index (κ1) is 21.2. The molecule has 0 fully saturated rings. The zero-order valence-corrected chi connectivity index (χ0v) is 17.5. The van der Waals surface area contributed by atoms with Crippen molar-refractivity contribution in [1.82, 2.24) is 20.8 Å². The highest BCUT2D eigenvalue weighted by molar-refractivity contribution is 14.0. The van der Waals surface area contributed by atoms with Gasteiger partial charge in [0, 0.05) is 19.0 Å². The molecule has 138 valence electrons. The Morgan fingerprint density at radius 1 is 1.24 bits per heavy atom. The van der Waals surface area contributed by atoms with Crippen molar-refractivity contribution in [2.24, 2.45) is 4.99 Å². The molecule has 8 heteroatoms. The van der Waals surface area contributed by atoms with Gasteiger partial charge in [0.2, 0.25) is 5.89 Å². The Balaban J connectivity index is 0.00000312. The summed E-state index contributed by atoms with van der Waals surface area (Å²) in [6, 6.07) is 6.16. The fourth-order valence-electron chi connectivity index (χ4n) is 2.16. The number of hydrogen-bond donors (Lipinski definition) is 2. The third-order valence-electron chi connectivity index (χ3n) is 3.26. The van der Waals surface area contributed by atoms with E-state index in [0.717, 1.165) is 17.9 Å². The lowest BCUT2D eigenvalue weighted by Gasteiger charge is -2.12. The lowest BCUT2D eigenvalue weighted by molar-refractivity contribution is 0.336. The fourth-order valence-corrected chi connectivity index (χ4v) is 2.16. The van der Waals surface area contributed by atoms with E-state index in [9.17, 15) is 0 Å². The normalized spacial score (nSPS) is 11.0. The van der Waals surface area contributed by atoms with Crippen LogP contribution < -0.4 is 15.4 Å². The van der Waals surface area contributed by atoms with E-state index < -0.39 is 0 Å². The second kappa shape index (κ2) is 10.9. The van der Waals surface area contributed by atoms with Crippen LogP contribution >= 0.6 is 24.0 Å². The molecule has 2 N–H and O–H groups in total. The molecule has 0 saturated heterocycles. The van der Waals surface area contributed by atoms with Gasteiger partial charge in [-0.1, -0.05) is 17.3 Å². The summed E-state index contributed by atoms with van der Waals surface area (Å²) in [5.41, 5.74) is 2.22. The lowest BCUT2D eigenvalue weighted by Crippen LogP contribution is -2.37. The summed E-state index contributed by atoms with van der Waals surface area (Å²) in [7, 11) is 0. The molecule has 0 aliphatic carbocycles. The van der Waals surface area contributed by atoms with E-state index in [0.29, 0.717) is 37.4 Å². The van der Waals surface area contributed by atoms with Crippen LogP contribution in [0.1, 0.15) is 36.7 Å². The highest BCUT2D eigenvalue weighted by Gasteiger charge is 2.06. The summed E-state index contributed by atoms with van der Waals surface area (Å²) in [6.45, 7) is 10.2. The summed E-state index contributed by atoms with van der Waals surface area (Å²) in [4.78, 5) is 8.77. The van der Waals surface area contributed by atoms with Crippen molar-refractivity contribution < 1.29 is 9.26 Å². The Bertz CT molecular complexity index is 687. The van der Waals surface area contributed by atoms with Crippen LogP contribution in [0.4, 0.5) is 0 Å². The molecule has 0 unspecified atom stereocenters. The molecule has 2 aromatic rings. The molecule has 0 amide bonds. The van der Waals surface area contributed by atoms with Crippen molar-refractivity contribution in [3.63, 3.8) is 0 Å². The Labute approximate surface area is 165 Å². The predicted molar refractivity (Wildman–Crippen MR) is 108 cm³/mol. The predicted octanol–water partition coefficient (Wildman–Crippen LogP) is 2.96. The summed E-state index contributed by atoms with van der Waals surface area (Å²) in [5.74, 6) is 2.73. The van der Waals surface area contributed by atoms with Crippen LogP contribution in [-0.4, -0.2) is 29.3 Å². The number of nitrogens with zero attached hydrogens (tertiary/aromatic N) is 3. The number of hydrogen-bond acceptors (Lipinski definition) is 5. The molecular weight excluding hydrogens is 433 g/mol. The van der Waals surface area contributed by atoms with Crippen LogP contribution in [0.25, 0.3) is 0 Å². The Kier molecular flexibility index (Phi) is 9.25. The maximum absolute atomic E-state index is 5.70. The summed E-state index contributed by atoms with van der Waals surface area (Å²) >= 11 is 0. The molecule has 0 radical (unpaired) electrons. The largest absolute Gasteiger partial charge is 0.494 e. The number of nitrogens with one attached hydrogen (secondary N) is 2. The molecule has 7 nitrogen and oxygen atoms in total. The second-order valence-corrected chi connectivity index (χ2v) is 5.32. The van der Waals surface area contributed by atoms with Gasteiger partial charge in [-0.05, 0) is 32.4 Å². The van der Waals surface area contributed by atoms with Crippen molar-refractivity contribution in [3.05, 3.63) is 41.0 Å². The average molecular weight is 459 g/mol. The average Bonchev–Trinajstić information content (AvgIpc) is 2.97. The Morgan fingerprint density at radius 2 is 2.04 bits per heavy atom. The van der Waals surface area contributed by atoms with Crippen LogP contribution in [0.15, 0.2) is 27.7 Å². The van der Waals surface area contributed by atoms with Gasteiger partial charge < -0.3 is 19.9 Å². The minimum absolute atomic E-state index is 0. The van der Waals surface area contributed by atoms with E-state index in [2.05, 4.69) is 37.9 Å². The van der Waals surface area contributed by atoms with Gasteiger partial charge in [0.15, 0.2) is 11.8 Å². The number of halogens is 1. The van der Waals surface area contributed by atoms with E-state index >= 15 is 0 Å². The van der Waals surface area contributed by atoms with Gasteiger partial charge in [-0.25, -0.2) is 4.99 Å². The first-order chi connectivity index (χ1) is 11.6. The molecule has 0 aliphatic rings. The van der Waals surface area contributed by atoms with Gasteiger partial charge in [-0.2, -0.15) is 4.98 Å². The molecule has 2 rings (SSSR count). The lowest BCUT2D eigenvalue weighted by atomic mass is 10.1. The Morgan fingerprint density at radius 3 is 2.68 bits per heavy atom.